The van der Waals surface area contributed by atoms with Crippen LogP contribution in [0.5, 0.6) is 0 Å². The van der Waals surface area contributed by atoms with Gasteiger partial charge in [-0.1, -0.05) is 60.7 Å². The van der Waals surface area contributed by atoms with Crippen LogP contribution >= 0.6 is 0 Å². The lowest BCUT2D eigenvalue weighted by molar-refractivity contribution is 0.160. The van der Waals surface area contributed by atoms with Crippen molar-refractivity contribution in [2.75, 3.05) is 6.54 Å². The highest BCUT2D eigenvalue weighted by Gasteiger charge is 2.19. The lowest BCUT2D eigenvalue weighted by atomic mass is 9.94. The third kappa shape index (κ3) is 4.48. The highest BCUT2D eigenvalue weighted by Crippen LogP contribution is 2.15. The van der Waals surface area contributed by atoms with Crippen LogP contribution in [-0.4, -0.2) is 17.2 Å². The van der Waals surface area contributed by atoms with Crippen LogP contribution in [0.25, 0.3) is 0 Å². The maximum atomic E-state index is 10.2. The molecular weight excluding hydrogens is 246 g/mol. The van der Waals surface area contributed by atoms with E-state index in [4.69, 9.17) is 0 Å². The van der Waals surface area contributed by atoms with Crippen molar-refractivity contribution in [3.05, 3.63) is 71.8 Å². The van der Waals surface area contributed by atoms with Crippen molar-refractivity contribution in [3.63, 3.8) is 0 Å². The lowest BCUT2D eigenvalue weighted by Gasteiger charge is -2.28. The molecule has 2 aromatic rings. The van der Waals surface area contributed by atoms with Gasteiger partial charge in [-0.25, -0.2) is 0 Å². The van der Waals surface area contributed by atoms with Crippen LogP contribution in [0.2, 0.25) is 0 Å². The van der Waals surface area contributed by atoms with Crippen LogP contribution in [0, 0.1) is 0 Å². The van der Waals surface area contributed by atoms with Crippen LogP contribution in [0.4, 0.5) is 0 Å². The quantitative estimate of drug-likeness (QED) is 0.843. The third-order valence-electron chi connectivity index (χ3n) is 3.45. The Kier molecular flexibility index (Phi) is 4.94. The van der Waals surface area contributed by atoms with E-state index in [0.717, 1.165) is 12.0 Å². The van der Waals surface area contributed by atoms with E-state index in [1.807, 2.05) is 36.4 Å². The molecule has 0 fully saturated rings. The molecular formula is C18H23NO. The second kappa shape index (κ2) is 6.69. The van der Waals surface area contributed by atoms with Gasteiger partial charge in [-0.2, -0.15) is 0 Å². The molecule has 0 aliphatic rings. The van der Waals surface area contributed by atoms with Gasteiger partial charge in [0, 0.05) is 12.1 Å². The van der Waals surface area contributed by atoms with E-state index in [2.05, 4.69) is 43.4 Å². The monoisotopic (exact) mass is 269 g/mol. The number of aliphatic hydroxyl groups excluding tert-OH is 1. The van der Waals surface area contributed by atoms with Gasteiger partial charge in [-0.15, -0.1) is 0 Å². The van der Waals surface area contributed by atoms with Crippen LogP contribution in [-0.2, 0) is 6.42 Å². The van der Waals surface area contributed by atoms with Crippen molar-refractivity contribution in [1.82, 2.24) is 5.32 Å². The van der Waals surface area contributed by atoms with E-state index in [1.54, 1.807) is 0 Å². The van der Waals surface area contributed by atoms with Crippen molar-refractivity contribution in [2.45, 2.75) is 31.9 Å². The lowest BCUT2D eigenvalue weighted by Crippen LogP contribution is -2.43. The first-order chi connectivity index (χ1) is 9.57. The Bertz CT molecular complexity index is 507. The molecule has 0 bridgehead atoms. The first-order valence-corrected chi connectivity index (χ1v) is 7.09. The molecule has 0 amide bonds. The summed E-state index contributed by atoms with van der Waals surface area (Å²) in [5.41, 5.74) is 2.21. The van der Waals surface area contributed by atoms with Crippen LogP contribution < -0.4 is 5.32 Å². The average Bonchev–Trinajstić information content (AvgIpc) is 2.46. The zero-order chi connectivity index (χ0) is 14.4. The van der Waals surface area contributed by atoms with Crippen LogP contribution in [0.15, 0.2) is 60.7 Å². The SMILES string of the molecule is CC(C)(Cc1ccccc1)NCC(O)c1ccccc1. The Morgan fingerprint density at radius 3 is 2.10 bits per heavy atom. The minimum absolute atomic E-state index is 0.0445. The summed E-state index contributed by atoms with van der Waals surface area (Å²) >= 11 is 0. The first kappa shape index (κ1) is 14.8. The predicted octanol–water partition coefficient (Wildman–Crippen LogP) is 3.33. The van der Waals surface area contributed by atoms with Gasteiger partial charge in [-0.3, -0.25) is 0 Å². The Morgan fingerprint density at radius 2 is 1.50 bits per heavy atom. The molecule has 0 aromatic heterocycles. The van der Waals surface area contributed by atoms with Gasteiger partial charge in [-0.05, 0) is 31.4 Å². The summed E-state index contributed by atoms with van der Waals surface area (Å²) in [4.78, 5) is 0. The molecule has 20 heavy (non-hydrogen) atoms. The van der Waals surface area contributed by atoms with Gasteiger partial charge in [0.2, 0.25) is 0 Å². The Morgan fingerprint density at radius 1 is 0.950 bits per heavy atom. The largest absolute Gasteiger partial charge is 0.387 e. The number of aliphatic hydroxyl groups is 1. The summed E-state index contributed by atoms with van der Waals surface area (Å²) in [7, 11) is 0. The van der Waals surface area contributed by atoms with E-state index in [9.17, 15) is 5.11 Å². The molecule has 2 aromatic carbocycles. The molecule has 2 heteroatoms. The van der Waals surface area contributed by atoms with Crippen molar-refractivity contribution in [1.29, 1.82) is 0 Å². The predicted molar refractivity (Wildman–Crippen MR) is 83.6 cm³/mol. The second-order valence-corrected chi connectivity index (χ2v) is 5.85. The van der Waals surface area contributed by atoms with E-state index in [0.29, 0.717) is 6.54 Å². The molecule has 1 atom stereocenters. The summed E-state index contributed by atoms with van der Waals surface area (Å²) in [5, 5.41) is 13.6. The number of nitrogens with one attached hydrogen (secondary N) is 1. The van der Waals surface area contributed by atoms with Crippen molar-refractivity contribution in [2.24, 2.45) is 0 Å². The molecule has 2 nitrogen and oxygen atoms in total. The van der Waals surface area contributed by atoms with Gasteiger partial charge < -0.3 is 10.4 Å². The van der Waals surface area contributed by atoms with Crippen molar-refractivity contribution >= 4 is 0 Å². The normalized spacial score (nSPS) is 13.2. The first-order valence-electron chi connectivity index (χ1n) is 7.09. The maximum absolute atomic E-state index is 10.2. The minimum Gasteiger partial charge on any atom is -0.387 e. The van der Waals surface area contributed by atoms with Crippen LogP contribution in [0.3, 0.4) is 0 Å². The highest BCUT2D eigenvalue weighted by atomic mass is 16.3. The van der Waals surface area contributed by atoms with Crippen molar-refractivity contribution in [3.8, 4) is 0 Å². The summed E-state index contributed by atoms with van der Waals surface area (Å²) in [5.74, 6) is 0. The highest BCUT2D eigenvalue weighted by molar-refractivity contribution is 5.19. The fourth-order valence-corrected chi connectivity index (χ4v) is 2.33. The summed E-state index contributed by atoms with van der Waals surface area (Å²) in [6, 6.07) is 20.2. The van der Waals surface area contributed by atoms with Gasteiger partial charge in [0.15, 0.2) is 0 Å². The number of hydrogen-bond donors (Lipinski definition) is 2. The zero-order valence-electron chi connectivity index (χ0n) is 12.2. The van der Waals surface area contributed by atoms with Gasteiger partial charge >= 0.3 is 0 Å². The molecule has 0 heterocycles. The Balaban J connectivity index is 1.89. The molecule has 0 spiro atoms. The van der Waals surface area contributed by atoms with Gasteiger partial charge in [0.05, 0.1) is 6.10 Å². The number of β-amino-alcohol motifs (C(OH)–C–C–N with tert-alkyl or cyclic N) is 1. The molecule has 106 valence electrons. The molecule has 0 saturated heterocycles. The second-order valence-electron chi connectivity index (χ2n) is 5.85. The average molecular weight is 269 g/mol. The van der Waals surface area contributed by atoms with E-state index in [1.165, 1.54) is 5.56 Å². The minimum atomic E-state index is -0.466. The van der Waals surface area contributed by atoms with Crippen molar-refractivity contribution < 1.29 is 5.11 Å². The van der Waals surface area contributed by atoms with E-state index >= 15 is 0 Å². The summed E-state index contributed by atoms with van der Waals surface area (Å²) in [6.45, 7) is 4.89. The van der Waals surface area contributed by atoms with Gasteiger partial charge in [0.25, 0.3) is 0 Å². The molecule has 2 N–H and O–H groups in total. The molecule has 2 rings (SSSR count). The van der Waals surface area contributed by atoms with E-state index in [-0.39, 0.29) is 5.54 Å². The number of benzene rings is 2. The Hall–Kier alpha value is -1.64. The zero-order valence-corrected chi connectivity index (χ0v) is 12.2. The Labute approximate surface area is 121 Å². The fourth-order valence-electron chi connectivity index (χ4n) is 2.33. The number of hydrogen-bond acceptors (Lipinski definition) is 2. The maximum Gasteiger partial charge on any atom is 0.0914 e. The topological polar surface area (TPSA) is 32.3 Å². The third-order valence-corrected chi connectivity index (χ3v) is 3.45. The molecule has 0 aliphatic heterocycles. The van der Waals surface area contributed by atoms with E-state index < -0.39 is 6.10 Å². The molecule has 0 radical (unpaired) electrons. The smallest absolute Gasteiger partial charge is 0.0914 e. The summed E-state index contributed by atoms with van der Waals surface area (Å²) in [6.07, 6.45) is 0.473. The molecule has 0 saturated carbocycles. The fraction of sp³-hybridized carbons (Fsp3) is 0.333. The van der Waals surface area contributed by atoms with Crippen LogP contribution in [0.1, 0.15) is 31.1 Å². The summed E-state index contributed by atoms with van der Waals surface area (Å²) < 4.78 is 0. The standard InChI is InChI=1S/C18H23NO/c1-18(2,13-15-9-5-3-6-10-15)19-14-17(20)16-11-7-4-8-12-16/h3-12,17,19-20H,13-14H2,1-2H3. The molecule has 0 aliphatic carbocycles. The molecule has 1 unspecified atom stereocenters. The van der Waals surface area contributed by atoms with Gasteiger partial charge in [0.1, 0.15) is 0 Å². The number of rotatable bonds is 6.